The van der Waals surface area contributed by atoms with Gasteiger partial charge in [-0.2, -0.15) is 0 Å². The first-order valence-corrected chi connectivity index (χ1v) is 10.7. The Kier molecular flexibility index (Phi) is 5.94. The van der Waals surface area contributed by atoms with E-state index in [2.05, 4.69) is 10.3 Å². The van der Waals surface area contributed by atoms with Gasteiger partial charge in [0, 0.05) is 44.2 Å². The van der Waals surface area contributed by atoms with Gasteiger partial charge in [0.2, 0.25) is 5.91 Å². The number of amides is 1. The highest BCUT2D eigenvalue weighted by atomic mass is 16.6. The van der Waals surface area contributed by atoms with Crippen LogP contribution in [0, 0.1) is 0 Å². The van der Waals surface area contributed by atoms with Crippen LogP contribution in [0.5, 0.6) is 0 Å². The average Bonchev–Trinajstić information content (AvgIpc) is 3.38. The molecule has 0 radical (unpaired) electrons. The van der Waals surface area contributed by atoms with Gasteiger partial charge in [-0.05, 0) is 39.0 Å². The maximum Gasteiger partial charge on any atom is 0.419 e. The zero-order valence-electron chi connectivity index (χ0n) is 19.5. The molecule has 0 unspecified atom stereocenters. The van der Waals surface area contributed by atoms with Crippen LogP contribution in [0.1, 0.15) is 39.8 Å². The second-order valence-corrected chi connectivity index (χ2v) is 9.07. The normalized spacial score (nSPS) is 18.5. The van der Waals surface area contributed by atoms with Crippen LogP contribution in [0.15, 0.2) is 36.7 Å². The zero-order chi connectivity index (χ0) is 23.8. The van der Waals surface area contributed by atoms with Gasteiger partial charge in [-0.15, -0.1) is 0 Å². The van der Waals surface area contributed by atoms with Crippen molar-refractivity contribution in [2.45, 2.75) is 45.3 Å². The molecule has 4 heterocycles. The standard InChI is InChI=1S/C24H28N4O5/c1-15(29)26-21-11-16-17(13-28(19(16)12-25-21)22(30)33-23(2,3)4)18-7-6-8-20(27-18)24(31-5)9-10-32-14-24/h6-8,11-13H,9-10,14H2,1-5H3,(H,25,26,29)/t24-/m1/s1. The van der Waals surface area contributed by atoms with E-state index < -0.39 is 17.3 Å². The Labute approximate surface area is 192 Å². The fourth-order valence-corrected chi connectivity index (χ4v) is 3.89. The molecular formula is C24H28N4O5. The summed E-state index contributed by atoms with van der Waals surface area (Å²) in [6.07, 6.45) is 3.41. The highest BCUT2D eigenvalue weighted by molar-refractivity contribution is 6.01. The lowest BCUT2D eigenvalue weighted by Crippen LogP contribution is -2.30. The third kappa shape index (κ3) is 4.60. The quantitative estimate of drug-likeness (QED) is 0.635. The molecule has 1 aliphatic heterocycles. The van der Waals surface area contributed by atoms with E-state index in [-0.39, 0.29) is 5.91 Å². The first-order chi connectivity index (χ1) is 15.6. The molecule has 0 aliphatic carbocycles. The lowest BCUT2D eigenvalue weighted by Gasteiger charge is -2.25. The van der Waals surface area contributed by atoms with Gasteiger partial charge in [-0.25, -0.2) is 14.8 Å². The number of nitrogens with one attached hydrogen (secondary N) is 1. The van der Waals surface area contributed by atoms with E-state index in [9.17, 15) is 9.59 Å². The summed E-state index contributed by atoms with van der Waals surface area (Å²) in [7, 11) is 1.66. The number of fused-ring (bicyclic) bond motifs is 1. The second kappa shape index (κ2) is 8.57. The fraction of sp³-hybridized carbons (Fsp3) is 0.417. The van der Waals surface area contributed by atoms with Crippen LogP contribution in [0.2, 0.25) is 0 Å². The summed E-state index contributed by atoms with van der Waals surface area (Å²) in [5.41, 5.74) is 1.39. The minimum absolute atomic E-state index is 0.238. The molecule has 1 N–H and O–H groups in total. The number of nitrogens with zero attached hydrogens (tertiary/aromatic N) is 3. The van der Waals surface area contributed by atoms with Crippen molar-refractivity contribution in [1.29, 1.82) is 0 Å². The minimum Gasteiger partial charge on any atom is -0.443 e. The van der Waals surface area contributed by atoms with Crippen molar-refractivity contribution in [2.75, 3.05) is 25.6 Å². The van der Waals surface area contributed by atoms with Gasteiger partial charge in [-0.3, -0.25) is 9.36 Å². The van der Waals surface area contributed by atoms with E-state index in [0.29, 0.717) is 47.6 Å². The minimum atomic E-state index is -0.664. The van der Waals surface area contributed by atoms with Crippen LogP contribution in [-0.4, -0.2) is 52.5 Å². The second-order valence-electron chi connectivity index (χ2n) is 9.07. The Balaban J connectivity index is 1.86. The van der Waals surface area contributed by atoms with Gasteiger partial charge in [0.15, 0.2) is 0 Å². The fourth-order valence-electron chi connectivity index (χ4n) is 3.89. The van der Waals surface area contributed by atoms with E-state index in [1.54, 1.807) is 25.6 Å². The molecule has 1 saturated heterocycles. The Morgan fingerprint density at radius 2 is 2.06 bits per heavy atom. The molecule has 1 amide bonds. The number of hydrogen-bond donors (Lipinski definition) is 1. The van der Waals surface area contributed by atoms with Crippen molar-refractivity contribution in [3.8, 4) is 11.3 Å². The molecule has 9 nitrogen and oxygen atoms in total. The van der Waals surface area contributed by atoms with Crippen LogP contribution in [0.4, 0.5) is 10.6 Å². The van der Waals surface area contributed by atoms with E-state index in [4.69, 9.17) is 19.2 Å². The molecule has 0 spiro atoms. The van der Waals surface area contributed by atoms with Crippen LogP contribution in [-0.2, 0) is 24.6 Å². The number of pyridine rings is 2. The number of rotatable bonds is 4. The maximum absolute atomic E-state index is 12.9. The summed E-state index contributed by atoms with van der Waals surface area (Å²) in [6, 6.07) is 7.42. The van der Waals surface area contributed by atoms with Gasteiger partial charge < -0.3 is 19.5 Å². The monoisotopic (exact) mass is 452 g/mol. The molecule has 3 aromatic rings. The highest BCUT2D eigenvalue weighted by Crippen LogP contribution is 2.36. The van der Waals surface area contributed by atoms with E-state index in [0.717, 1.165) is 5.69 Å². The van der Waals surface area contributed by atoms with Gasteiger partial charge in [-0.1, -0.05) is 6.07 Å². The number of ether oxygens (including phenoxy) is 3. The predicted molar refractivity (Wildman–Crippen MR) is 123 cm³/mol. The molecule has 1 aliphatic rings. The van der Waals surface area contributed by atoms with Gasteiger partial charge in [0.25, 0.3) is 0 Å². The van der Waals surface area contributed by atoms with Crippen molar-refractivity contribution >= 4 is 28.7 Å². The van der Waals surface area contributed by atoms with Gasteiger partial charge >= 0.3 is 6.09 Å². The topological polar surface area (TPSA) is 105 Å². The Morgan fingerprint density at radius 1 is 1.27 bits per heavy atom. The lowest BCUT2D eigenvalue weighted by molar-refractivity contribution is -0.114. The summed E-state index contributed by atoms with van der Waals surface area (Å²) in [5, 5.41) is 3.40. The number of aromatic nitrogens is 3. The number of methoxy groups -OCH3 is 1. The van der Waals surface area contributed by atoms with E-state index in [1.807, 2.05) is 39.0 Å². The number of carbonyl (C=O) groups is 2. The first kappa shape index (κ1) is 22.9. The number of anilines is 1. The van der Waals surface area contributed by atoms with Gasteiger partial charge in [0.1, 0.15) is 17.0 Å². The Morgan fingerprint density at radius 3 is 2.70 bits per heavy atom. The summed E-state index contributed by atoms with van der Waals surface area (Å²) < 4.78 is 18.4. The summed E-state index contributed by atoms with van der Waals surface area (Å²) >= 11 is 0. The van der Waals surface area contributed by atoms with E-state index in [1.165, 1.54) is 11.5 Å². The largest absolute Gasteiger partial charge is 0.443 e. The average molecular weight is 453 g/mol. The summed E-state index contributed by atoms with van der Waals surface area (Å²) in [4.78, 5) is 33.7. The molecule has 0 aromatic carbocycles. The molecule has 9 heteroatoms. The highest BCUT2D eigenvalue weighted by Gasteiger charge is 2.38. The lowest BCUT2D eigenvalue weighted by atomic mass is 9.97. The van der Waals surface area contributed by atoms with Gasteiger partial charge in [0.05, 0.1) is 29.7 Å². The smallest absolute Gasteiger partial charge is 0.419 e. The van der Waals surface area contributed by atoms with Crippen molar-refractivity contribution in [3.05, 3.63) is 42.4 Å². The number of carbonyl (C=O) groups excluding carboxylic acids is 2. The first-order valence-electron chi connectivity index (χ1n) is 10.7. The SMILES string of the molecule is CO[C@]1(c2cccc(-c3cn(C(=O)OC(C)(C)C)c4cnc(NC(C)=O)cc34)n2)CCOC1. The Bertz CT molecular complexity index is 1210. The van der Waals surface area contributed by atoms with Crippen LogP contribution in [0.25, 0.3) is 22.2 Å². The predicted octanol–water partition coefficient (Wildman–Crippen LogP) is 4.10. The molecule has 1 fully saturated rings. The third-order valence-corrected chi connectivity index (χ3v) is 5.45. The van der Waals surface area contributed by atoms with E-state index >= 15 is 0 Å². The maximum atomic E-state index is 12.9. The number of hydrogen-bond acceptors (Lipinski definition) is 7. The van der Waals surface area contributed by atoms with Crippen LogP contribution >= 0.6 is 0 Å². The molecule has 4 rings (SSSR count). The molecule has 0 saturated carbocycles. The van der Waals surface area contributed by atoms with Crippen molar-refractivity contribution < 1.29 is 23.8 Å². The Hall–Kier alpha value is -3.30. The summed E-state index contributed by atoms with van der Waals surface area (Å²) in [6.45, 7) is 7.87. The molecule has 174 valence electrons. The zero-order valence-corrected chi connectivity index (χ0v) is 19.5. The molecule has 0 bridgehead atoms. The molecular weight excluding hydrogens is 424 g/mol. The van der Waals surface area contributed by atoms with Crippen LogP contribution in [0.3, 0.4) is 0 Å². The molecule has 33 heavy (non-hydrogen) atoms. The molecule has 1 atom stereocenters. The third-order valence-electron chi connectivity index (χ3n) is 5.45. The van der Waals surface area contributed by atoms with Crippen molar-refractivity contribution in [2.24, 2.45) is 0 Å². The molecule has 3 aromatic heterocycles. The van der Waals surface area contributed by atoms with Crippen molar-refractivity contribution in [1.82, 2.24) is 14.5 Å². The van der Waals surface area contributed by atoms with Crippen molar-refractivity contribution in [3.63, 3.8) is 0 Å². The summed E-state index contributed by atoms with van der Waals surface area (Å²) in [5.74, 6) is 0.144. The van der Waals surface area contributed by atoms with Crippen LogP contribution < -0.4 is 5.32 Å².